The number of fused-ring (bicyclic) bond motifs is 1. The van der Waals surface area contributed by atoms with Crippen LogP contribution in [0.2, 0.25) is 0 Å². The van der Waals surface area contributed by atoms with Gasteiger partial charge in [-0.05, 0) is 48.0 Å². The van der Waals surface area contributed by atoms with Crippen molar-refractivity contribution in [2.75, 3.05) is 0 Å². The van der Waals surface area contributed by atoms with Gasteiger partial charge >= 0.3 is 0 Å². The summed E-state index contributed by atoms with van der Waals surface area (Å²) < 4.78 is 1.82. The van der Waals surface area contributed by atoms with E-state index in [1.54, 1.807) is 12.3 Å². The second-order valence-electron chi connectivity index (χ2n) is 7.68. The molecule has 0 bridgehead atoms. The minimum absolute atomic E-state index is 0.284. The van der Waals surface area contributed by atoms with E-state index in [0.29, 0.717) is 12.2 Å². The first kappa shape index (κ1) is 22.6. The van der Waals surface area contributed by atoms with Gasteiger partial charge in [0, 0.05) is 27.6 Å². The SMILES string of the molecule is O=C(NOCc1ccccc1)c1ccccc1Sc1ccc2cnn(C=Cc3ccccn3)c2c1. The van der Waals surface area contributed by atoms with Gasteiger partial charge in [0.25, 0.3) is 5.91 Å². The summed E-state index contributed by atoms with van der Waals surface area (Å²) in [6, 6.07) is 29.1. The number of hydrogen-bond donors (Lipinski definition) is 1. The largest absolute Gasteiger partial charge is 0.275 e. The predicted octanol–water partition coefficient (Wildman–Crippen LogP) is 6.07. The van der Waals surface area contributed by atoms with Crippen molar-refractivity contribution in [3.05, 3.63) is 120 Å². The zero-order valence-electron chi connectivity index (χ0n) is 18.7. The number of nitrogens with zero attached hydrogens (tertiary/aromatic N) is 3. The smallest absolute Gasteiger partial charge is 0.269 e. The molecule has 5 aromatic rings. The predicted molar refractivity (Wildman–Crippen MR) is 138 cm³/mol. The zero-order chi connectivity index (χ0) is 23.9. The molecular formula is C28H22N4O2S. The number of pyridine rings is 1. The highest BCUT2D eigenvalue weighted by Gasteiger charge is 2.13. The molecule has 1 amide bonds. The van der Waals surface area contributed by atoms with Crippen LogP contribution in [0.4, 0.5) is 0 Å². The maximum absolute atomic E-state index is 12.8. The van der Waals surface area contributed by atoms with Crippen molar-refractivity contribution < 1.29 is 9.63 Å². The molecular weight excluding hydrogens is 456 g/mol. The molecule has 0 aliphatic heterocycles. The summed E-state index contributed by atoms with van der Waals surface area (Å²) in [6.45, 7) is 0.300. The van der Waals surface area contributed by atoms with Crippen LogP contribution in [0.5, 0.6) is 0 Å². The van der Waals surface area contributed by atoms with E-state index in [4.69, 9.17) is 4.84 Å². The molecule has 0 saturated heterocycles. The Kier molecular flexibility index (Phi) is 6.98. The number of nitrogens with one attached hydrogen (secondary N) is 1. The van der Waals surface area contributed by atoms with Crippen LogP contribution in [-0.2, 0) is 11.4 Å². The molecule has 0 saturated carbocycles. The van der Waals surface area contributed by atoms with Gasteiger partial charge in [0.05, 0.1) is 29.6 Å². The van der Waals surface area contributed by atoms with E-state index in [9.17, 15) is 4.79 Å². The molecule has 0 fully saturated rings. The number of rotatable bonds is 8. The lowest BCUT2D eigenvalue weighted by Gasteiger charge is -2.10. The van der Waals surface area contributed by atoms with Crippen molar-refractivity contribution in [3.63, 3.8) is 0 Å². The van der Waals surface area contributed by atoms with Gasteiger partial charge in [0.15, 0.2) is 0 Å². The number of carbonyl (C=O) groups excluding carboxylic acids is 1. The van der Waals surface area contributed by atoms with Crippen LogP contribution in [0.25, 0.3) is 23.2 Å². The van der Waals surface area contributed by atoms with Crippen molar-refractivity contribution in [1.82, 2.24) is 20.2 Å². The first-order valence-electron chi connectivity index (χ1n) is 11.1. The molecule has 0 unspecified atom stereocenters. The summed E-state index contributed by atoms with van der Waals surface area (Å²) in [5.74, 6) is -0.284. The maximum atomic E-state index is 12.8. The van der Waals surface area contributed by atoms with Crippen LogP contribution in [-0.4, -0.2) is 20.7 Å². The molecule has 7 heteroatoms. The highest BCUT2D eigenvalue weighted by atomic mass is 32.2. The number of hydroxylamine groups is 1. The zero-order valence-corrected chi connectivity index (χ0v) is 19.6. The van der Waals surface area contributed by atoms with Crippen molar-refractivity contribution in [3.8, 4) is 0 Å². The molecule has 35 heavy (non-hydrogen) atoms. The van der Waals surface area contributed by atoms with Crippen LogP contribution >= 0.6 is 11.8 Å². The maximum Gasteiger partial charge on any atom is 0.275 e. The molecule has 172 valence electrons. The quantitative estimate of drug-likeness (QED) is 0.274. The third-order valence-corrected chi connectivity index (χ3v) is 6.32. The lowest BCUT2D eigenvalue weighted by atomic mass is 10.2. The van der Waals surface area contributed by atoms with Crippen LogP contribution in [0.3, 0.4) is 0 Å². The summed E-state index contributed by atoms with van der Waals surface area (Å²) in [5, 5.41) is 5.50. The Balaban J connectivity index is 1.32. The van der Waals surface area contributed by atoms with Gasteiger partial charge in [-0.25, -0.2) is 10.2 Å². The lowest BCUT2D eigenvalue weighted by molar-refractivity contribution is 0.0231. The van der Waals surface area contributed by atoms with Crippen molar-refractivity contribution in [2.45, 2.75) is 16.4 Å². The fourth-order valence-corrected chi connectivity index (χ4v) is 4.48. The van der Waals surface area contributed by atoms with Gasteiger partial charge < -0.3 is 0 Å². The summed E-state index contributed by atoms with van der Waals surface area (Å²) in [4.78, 5) is 24.4. The first-order chi connectivity index (χ1) is 17.3. The average Bonchev–Trinajstić information content (AvgIpc) is 3.31. The van der Waals surface area contributed by atoms with Gasteiger partial charge in [-0.3, -0.25) is 14.6 Å². The fraction of sp³-hybridized carbons (Fsp3) is 0.0357. The third-order valence-electron chi connectivity index (χ3n) is 5.25. The van der Waals surface area contributed by atoms with E-state index in [2.05, 4.69) is 21.6 Å². The van der Waals surface area contributed by atoms with Crippen molar-refractivity contribution >= 4 is 40.8 Å². The second kappa shape index (κ2) is 10.8. The van der Waals surface area contributed by atoms with Crippen LogP contribution in [0.1, 0.15) is 21.6 Å². The molecule has 0 aliphatic rings. The van der Waals surface area contributed by atoms with Gasteiger partial charge in [-0.1, -0.05) is 66.4 Å². The molecule has 6 nitrogen and oxygen atoms in total. The molecule has 0 spiro atoms. The van der Waals surface area contributed by atoms with E-state index >= 15 is 0 Å². The van der Waals surface area contributed by atoms with E-state index in [-0.39, 0.29) is 5.91 Å². The van der Waals surface area contributed by atoms with E-state index in [0.717, 1.165) is 32.0 Å². The highest BCUT2D eigenvalue weighted by molar-refractivity contribution is 7.99. The molecule has 3 aromatic carbocycles. The molecule has 1 N–H and O–H groups in total. The summed E-state index contributed by atoms with van der Waals surface area (Å²) in [7, 11) is 0. The molecule has 5 rings (SSSR count). The second-order valence-corrected chi connectivity index (χ2v) is 8.80. The Morgan fingerprint density at radius 1 is 0.971 bits per heavy atom. The number of carbonyl (C=O) groups is 1. The van der Waals surface area contributed by atoms with Gasteiger partial charge in [-0.2, -0.15) is 5.10 Å². The van der Waals surface area contributed by atoms with Gasteiger partial charge in [0.2, 0.25) is 0 Å². The molecule has 0 aliphatic carbocycles. The molecule has 2 heterocycles. The van der Waals surface area contributed by atoms with E-state index in [1.807, 2.05) is 102 Å². The fourth-order valence-electron chi connectivity index (χ4n) is 3.51. The third kappa shape index (κ3) is 5.66. The monoisotopic (exact) mass is 478 g/mol. The van der Waals surface area contributed by atoms with Crippen LogP contribution in [0, 0.1) is 0 Å². The van der Waals surface area contributed by atoms with Crippen molar-refractivity contribution in [1.29, 1.82) is 0 Å². The average molecular weight is 479 g/mol. The molecule has 0 radical (unpaired) electrons. The molecule has 0 atom stereocenters. The Morgan fingerprint density at radius 3 is 2.66 bits per heavy atom. The number of aromatic nitrogens is 3. The Labute approximate surface area is 207 Å². The Morgan fingerprint density at radius 2 is 1.80 bits per heavy atom. The van der Waals surface area contributed by atoms with Crippen LogP contribution in [0.15, 0.2) is 113 Å². The Hall–Kier alpha value is -4.20. The topological polar surface area (TPSA) is 69.0 Å². The normalized spacial score (nSPS) is 11.2. The Bertz CT molecular complexity index is 1470. The van der Waals surface area contributed by atoms with Gasteiger partial charge in [0.1, 0.15) is 0 Å². The standard InChI is InChI=1S/C28H22N4O2S/c33-28(31-34-20-21-8-2-1-3-9-21)25-11-4-5-12-27(25)35-24-14-13-22-19-30-32(26(22)18-24)17-15-23-10-6-7-16-29-23/h1-19H,20H2,(H,31,33). The summed E-state index contributed by atoms with van der Waals surface area (Å²) in [5.41, 5.74) is 5.92. The minimum Gasteiger partial charge on any atom is -0.269 e. The van der Waals surface area contributed by atoms with E-state index in [1.165, 1.54) is 11.8 Å². The van der Waals surface area contributed by atoms with Gasteiger partial charge in [-0.15, -0.1) is 0 Å². The number of benzene rings is 3. The van der Waals surface area contributed by atoms with Crippen molar-refractivity contribution in [2.24, 2.45) is 0 Å². The number of amides is 1. The molecule has 2 aromatic heterocycles. The highest BCUT2D eigenvalue weighted by Crippen LogP contribution is 2.32. The van der Waals surface area contributed by atoms with Crippen LogP contribution < -0.4 is 5.48 Å². The first-order valence-corrected chi connectivity index (χ1v) is 11.9. The van der Waals surface area contributed by atoms with E-state index < -0.39 is 0 Å². The summed E-state index contributed by atoms with van der Waals surface area (Å²) in [6.07, 6.45) is 7.40. The lowest BCUT2D eigenvalue weighted by Crippen LogP contribution is -2.24. The number of hydrogen-bond acceptors (Lipinski definition) is 5. The minimum atomic E-state index is -0.284. The summed E-state index contributed by atoms with van der Waals surface area (Å²) >= 11 is 1.52.